The second kappa shape index (κ2) is 7.34. The number of carboxylic acids is 1. The van der Waals surface area contributed by atoms with Gasteiger partial charge in [0.25, 0.3) is 0 Å². The number of phenols is 1. The van der Waals surface area contributed by atoms with E-state index in [-0.39, 0.29) is 29.5 Å². The molecule has 5 nitrogen and oxygen atoms in total. The highest BCUT2D eigenvalue weighted by Crippen LogP contribution is 2.37. The van der Waals surface area contributed by atoms with Crippen molar-refractivity contribution in [3.63, 3.8) is 0 Å². The molecule has 0 saturated heterocycles. The van der Waals surface area contributed by atoms with Crippen LogP contribution in [0, 0.1) is 0 Å². The van der Waals surface area contributed by atoms with E-state index in [0.717, 1.165) is 11.1 Å². The Morgan fingerprint density at radius 1 is 1.17 bits per heavy atom. The molecule has 0 aliphatic carbocycles. The third-order valence-corrected chi connectivity index (χ3v) is 3.86. The third-order valence-electron chi connectivity index (χ3n) is 3.86. The van der Waals surface area contributed by atoms with E-state index < -0.39 is 12.1 Å². The van der Waals surface area contributed by atoms with E-state index in [0.29, 0.717) is 5.56 Å². The van der Waals surface area contributed by atoms with Crippen LogP contribution in [0.4, 0.5) is 0 Å². The average Bonchev–Trinajstić information content (AvgIpc) is 2.41. The molecule has 134 valence electrons. The number of aliphatic hydroxyl groups excluding tert-OH is 1. The van der Waals surface area contributed by atoms with Gasteiger partial charge in [0.1, 0.15) is 5.75 Å². The number of rotatable bonds is 5. The predicted molar refractivity (Wildman–Crippen MR) is 96.2 cm³/mol. The van der Waals surface area contributed by atoms with Gasteiger partial charge in [0.2, 0.25) is 0 Å². The van der Waals surface area contributed by atoms with Crippen LogP contribution in [0.3, 0.4) is 0 Å². The van der Waals surface area contributed by atoms with Crippen LogP contribution >= 0.6 is 0 Å². The van der Waals surface area contributed by atoms with Crippen molar-refractivity contribution in [2.24, 2.45) is 4.99 Å². The summed E-state index contributed by atoms with van der Waals surface area (Å²) in [6.07, 6.45) is 0.174. The highest BCUT2D eigenvalue weighted by Gasteiger charge is 2.24. The van der Waals surface area contributed by atoms with Gasteiger partial charge in [-0.15, -0.1) is 0 Å². The first-order chi connectivity index (χ1) is 10.8. The van der Waals surface area contributed by atoms with Crippen LogP contribution in [0.15, 0.2) is 17.1 Å². The maximum absolute atomic E-state index is 10.6. The Kier molecular flexibility index (Phi) is 6.17. The van der Waals surface area contributed by atoms with Gasteiger partial charge in [-0.05, 0) is 22.5 Å². The monoisotopic (exact) mass is 335 g/mol. The lowest BCUT2D eigenvalue weighted by molar-refractivity contribution is -0.146. The summed E-state index contributed by atoms with van der Waals surface area (Å²) in [5.74, 6) is -1.06. The van der Waals surface area contributed by atoms with Crippen molar-refractivity contribution in [3.8, 4) is 5.75 Å². The number of nitrogens with zero attached hydrogens (tertiary/aromatic N) is 1. The van der Waals surface area contributed by atoms with Gasteiger partial charge < -0.3 is 15.3 Å². The molecule has 0 fully saturated rings. The SMILES string of the molecule is CC(C)(C)c1cc(C=NCCC(O)C(=O)O)c(O)c(C(C)(C)C)c1. The van der Waals surface area contributed by atoms with E-state index in [9.17, 15) is 15.0 Å². The topological polar surface area (TPSA) is 90.1 Å². The summed E-state index contributed by atoms with van der Waals surface area (Å²) in [7, 11) is 0. The van der Waals surface area contributed by atoms with Crippen LogP contribution in [-0.4, -0.2) is 40.2 Å². The normalized spacial score (nSPS) is 14.1. The number of carbonyl (C=O) groups is 1. The van der Waals surface area contributed by atoms with Crippen molar-refractivity contribution >= 4 is 12.2 Å². The lowest BCUT2D eigenvalue weighted by atomic mass is 9.79. The lowest BCUT2D eigenvalue weighted by Crippen LogP contribution is -2.20. The minimum atomic E-state index is -1.42. The fourth-order valence-corrected chi connectivity index (χ4v) is 2.24. The summed E-state index contributed by atoms with van der Waals surface area (Å²) in [6.45, 7) is 12.6. The Hall–Kier alpha value is -1.88. The van der Waals surface area contributed by atoms with Gasteiger partial charge in [0, 0.05) is 30.3 Å². The van der Waals surface area contributed by atoms with Crippen LogP contribution in [0.25, 0.3) is 0 Å². The number of benzene rings is 1. The van der Waals surface area contributed by atoms with E-state index in [2.05, 4.69) is 25.8 Å². The molecule has 1 aromatic carbocycles. The molecule has 0 bridgehead atoms. The Morgan fingerprint density at radius 2 is 1.75 bits per heavy atom. The summed E-state index contributed by atoms with van der Waals surface area (Å²) in [5.41, 5.74) is 2.26. The molecule has 0 amide bonds. The Bertz CT molecular complexity index is 621. The summed E-state index contributed by atoms with van der Waals surface area (Å²) < 4.78 is 0. The largest absolute Gasteiger partial charge is 0.507 e. The number of hydrogen-bond acceptors (Lipinski definition) is 4. The van der Waals surface area contributed by atoms with Crippen molar-refractivity contribution in [2.75, 3.05) is 6.54 Å². The number of hydrogen-bond donors (Lipinski definition) is 3. The average molecular weight is 335 g/mol. The molecule has 0 aromatic heterocycles. The number of aromatic hydroxyl groups is 1. The third kappa shape index (κ3) is 5.34. The van der Waals surface area contributed by atoms with Gasteiger partial charge in [-0.25, -0.2) is 4.79 Å². The minimum Gasteiger partial charge on any atom is -0.507 e. The molecule has 3 N–H and O–H groups in total. The molecule has 1 unspecified atom stereocenters. The molecule has 0 radical (unpaired) electrons. The zero-order valence-corrected chi connectivity index (χ0v) is 15.4. The molecule has 1 aromatic rings. The standard InChI is InChI=1S/C19H29NO4/c1-18(2,3)13-9-12(11-20-8-7-15(21)17(23)24)16(22)14(10-13)19(4,5)6/h9-11,15,21-22H,7-8H2,1-6H3,(H,23,24). The van der Waals surface area contributed by atoms with E-state index in [1.807, 2.05) is 32.9 Å². The number of aliphatic hydroxyl groups is 1. The maximum atomic E-state index is 10.6. The summed E-state index contributed by atoms with van der Waals surface area (Å²) in [6, 6.07) is 3.93. The molecule has 0 aliphatic rings. The van der Waals surface area contributed by atoms with Gasteiger partial charge in [-0.2, -0.15) is 0 Å². The first kappa shape index (κ1) is 20.2. The van der Waals surface area contributed by atoms with Gasteiger partial charge in [-0.1, -0.05) is 47.6 Å². The molecular formula is C19H29NO4. The quantitative estimate of drug-likeness (QED) is 0.721. The van der Waals surface area contributed by atoms with Crippen molar-refractivity contribution in [1.82, 2.24) is 0 Å². The molecular weight excluding hydrogens is 306 g/mol. The highest BCUT2D eigenvalue weighted by molar-refractivity contribution is 5.85. The summed E-state index contributed by atoms with van der Waals surface area (Å²) in [4.78, 5) is 14.7. The van der Waals surface area contributed by atoms with Gasteiger partial charge in [0.05, 0.1) is 0 Å². The van der Waals surface area contributed by atoms with Gasteiger partial charge in [-0.3, -0.25) is 4.99 Å². The Morgan fingerprint density at radius 3 is 2.21 bits per heavy atom. The Balaban J connectivity index is 3.15. The molecule has 0 saturated carbocycles. The first-order valence-corrected chi connectivity index (χ1v) is 8.12. The van der Waals surface area contributed by atoms with Crippen molar-refractivity contribution in [3.05, 3.63) is 28.8 Å². The fourth-order valence-electron chi connectivity index (χ4n) is 2.24. The van der Waals surface area contributed by atoms with Crippen LogP contribution in [0.1, 0.15) is 64.7 Å². The lowest BCUT2D eigenvalue weighted by Gasteiger charge is -2.27. The number of carboxylic acid groups (broad SMARTS) is 1. The highest BCUT2D eigenvalue weighted by atomic mass is 16.4. The number of aliphatic imine (C=N–C) groups is 1. The second-order valence-corrected chi connectivity index (χ2v) is 8.14. The molecule has 0 spiro atoms. The first-order valence-electron chi connectivity index (χ1n) is 8.12. The molecule has 24 heavy (non-hydrogen) atoms. The van der Waals surface area contributed by atoms with E-state index in [4.69, 9.17) is 5.11 Å². The van der Waals surface area contributed by atoms with E-state index >= 15 is 0 Å². The predicted octanol–water partition coefficient (Wildman–Crippen LogP) is 3.24. The summed E-state index contributed by atoms with van der Waals surface area (Å²) in [5, 5.41) is 28.5. The number of phenolic OH excluding ortho intramolecular Hbond substituents is 1. The van der Waals surface area contributed by atoms with E-state index in [1.165, 1.54) is 0 Å². The maximum Gasteiger partial charge on any atom is 0.332 e. The fraction of sp³-hybridized carbons (Fsp3) is 0.579. The molecule has 1 rings (SSSR count). The van der Waals surface area contributed by atoms with Crippen LogP contribution < -0.4 is 0 Å². The minimum absolute atomic E-state index is 0.0394. The second-order valence-electron chi connectivity index (χ2n) is 8.14. The zero-order valence-electron chi connectivity index (χ0n) is 15.4. The number of aliphatic carboxylic acids is 1. The van der Waals surface area contributed by atoms with Crippen LogP contribution in [-0.2, 0) is 15.6 Å². The molecule has 5 heteroatoms. The molecule has 1 atom stereocenters. The molecule has 0 heterocycles. The summed E-state index contributed by atoms with van der Waals surface area (Å²) >= 11 is 0. The zero-order chi connectivity index (χ0) is 18.7. The van der Waals surface area contributed by atoms with Gasteiger partial charge >= 0.3 is 5.97 Å². The van der Waals surface area contributed by atoms with Crippen molar-refractivity contribution in [2.45, 2.75) is 64.9 Å². The van der Waals surface area contributed by atoms with E-state index in [1.54, 1.807) is 6.21 Å². The van der Waals surface area contributed by atoms with Crippen LogP contribution in [0.2, 0.25) is 0 Å². The smallest absolute Gasteiger partial charge is 0.332 e. The molecule has 0 aliphatic heterocycles. The Labute approximate surface area is 144 Å². The van der Waals surface area contributed by atoms with Crippen molar-refractivity contribution < 1.29 is 20.1 Å². The van der Waals surface area contributed by atoms with Gasteiger partial charge in [0.15, 0.2) is 6.10 Å². The van der Waals surface area contributed by atoms with Crippen molar-refractivity contribution in [1.29, 1.82) is 0 Å². The van der Waals surface area contributed by atoms with Crippen LogP contribution in [0.5, 0.6) is 5.75 Å².